The molecule has 0 aromatic carbocycles. The van der Waals surface area contributed by atoms with Crippen molar-refractivity contribution in [1.82, 2.24) is 10.3 Å². The van der Waals surface area contributed by atoms with E-state index in [1.807, 2.05) is 7.05 Å². The molecule has 1 aromatic heterocycles. The van der Waals surface area contributed by atoms with Crippen molar-refractivity contribution in [3.63, 3.8) is 0 Å². The van der Waals surface area contributed by atoms with E-state index in [4.69, 9.17) is 0 Å². The van der Waals surface area contributed by atoms with Crippen LogP contribution < -0.4 is 10.6 Å². The molecule has 2 aliphatic rings. The molecule has 3 rings (SSSR count). The lowest BCUT2D eigenvalue weighted by Gasteiger charge is -2.33. The fourth-order valence-corrected chi connectivity index (χ4v) is 4.67. The van der Waals surface area contributed by atoms with Gasteiger partial charge in [0.05, 0.1) is 5.92 Å². The third-order valence-corrected chi connectivity index (χ3v) is 6.27. The number of nitrogens with zero attached hydrogens (tertiary/aromatic N) is 1. The van der Waals surface area contributed by atoms with Gasteiger partial charge in [0, 0.05) is 29.0 Å². The fraction of sp³-hybridized carbons (Fsp3) is 0.750. The van der Waals surface area contributed by atoms with Crippen molar-refractivity contribution in [3.8, 4) is 0 Å². The second-order valence-corrected chi connectivity index (χ2v) is 7.81. The highest BCUT2D eigenvalue weighted by atomic mass is 32.1. The average molecular weight is 361 g/mol. The number of anilines is 1. The van der Waals surface area contributed by atoms with E-state index in [2.05, 4.69) is 15.6 Å². The molecule has 2 fully saturated rings. The van der Waals surface area contributed by atoms with E-state index < -0.39 is 18.0 Å². The van der Waals surface area contributed by atoms with Crippen molar-refractivity contribution in [2.45, 2.75) is 56.7 Å². The summed E-state index contributed by atoms with van der Waals surface area (Å²) in [6.45, 7) is 0. The van der Waals surface area contributed by atoms with Crippen molar-refractivity contribution in [3.05, 3.63) is 11.1 Å². The maximum atomic E-state index is 13.2. The Morgan fingerprint density at radius 3 is 2.67 bits per heavy atom. The van der Waals surface area contributed by atoms with Crippen LogP contribution in [0.15, 0.2) is 6.20 Å². The Morgan fingerprint density at radius 2 is 2.00 bits per heavy atom. The number of carbonyl (C=O) groups excluding carboxylic acids is 1. The Morgan fingerprint density at radius 1 is 1.29 bits per heavy atom. The van der Waals surface area contributed by atoms with Gasteiger partial charge >= 0.3 is 6.18 Å². The minimum absolute atomic E-state index is 0.0348. The van der Waals surface area contributed by atoms with E-state index >= 15 is 0 Å². The molecule has 4 nitrogen and oxygen atoms in total. The normalized spacial score (nSPS) is 30.7. The fourth-order valence-electron chi connectivity index (χ4n) is 3.65. The average Bonchev–Trinajstić information content (AvgIpc) is 2.93. The van der Waals surface area contributed by atoms with Crippen LogP contribution in [0.5, 0.6) is 0 Å². The van der Waals surface area contributed by atoms with Gasteiger partial charge in [-0.2, -0.15) is 13.2 Å². The number of alkyl halides is 3. The van der Waals surface area contributed by atoms with Crippen LogP contribution >= 0.6 is 11.3 Å². The SMILES string of the molecule is CN[C@H]1C[C@H](C(=O)Nc2ncc([C@@H]3CCCC[C@@H]3C(F)(F)F)s2)C1. The number of nitrogens with one attached hydrogen (secondary N) is 2. The standard InChI is InChI=1S/C16H22F3N3OS/c1-20-10-6-9(7-10)14(23)22-15-21-8-13(24-15)11-4-2-3-5-12(11)16(17,18)19/h8-12,20H,2-7H2,1H3,(H,21,22,23)/t9-,10-,11-,12+/m1/s1. The first-order chi connectivity index (χ1) is 11.4. The van der Waals surface area contributed by atoms with Crippen LogP contribution in [0.2, 0.25) is 0 Å². The highest BCUT2D eigenvalue weighted by Crippen LogP contribution is 2.48. The summed E-state index contributed by atoms with van der Waals surface area (Å²) in [5.74, 6) is -1.94. The lowest BCUT2D eigenvalue weighted by molar-refractivity contribution is -0.187. The quantitative estimate of drug-likeness (QED) is 0.855. The number of thiazole rings is 1. The van der Waals surface area contributed by atoms with Gasteiger partial charge in [-0.15, -0.1) is 11.3 Å². The molecule has 1 amide bonds. The van der Waals surface area contributed by atoms with E-state index in [0.717, 1.165) is 19.3 Å². The summed E-state index contributed by atoms with van der Waals surface area (Å²) >= 11 is 1.19. The molecular formula is C16H22F3N3OS. The molecule has 24 heavy (non-hydrogen) atoms. The van der Waals surface area contributed by atoms with E-state index in [-0.39, 0.29) is 18.2 Å². The Labute approximate surface area is 143 Å². The van der Waals surface area contributed by atoms with Crippen molar-refractivity contribution < 1.29 is 18.0 Å². The number of amides is 1. The number of aromatic nitrogens is 1. The summed E-state index contributed by atoms with van der Waals surface area (Å²) in [6, 6.07) is 0.377. The van der Waals surface area contributed by atoms with Gasteiger partial charge in [-0.05, 0) is 32.7 Å². The number of hydrogen-bond acceptors (Lipinski definition) is 4. The molecule has 2 atom stereocenters. The van der Waals surface area contributed by atoms with Gasteiger partial charge in [0.15, 0.2) is 5.13 Å². The van der Waals surface area contributed by atoms with Crippen LogP contribution in [-0.2, 0) is 4.79 Å². The first-order valence-corrected chi connectivity index (χ1v) is 9.20. The molecule has 2 aliphatic carbocycles. The molecule has 1 heterocycles. The monoisotopic (exact) mass is 361 g/mol. The van der Waals surface area contributed by atoms with Gasteiger partial charge < -0.3 is 10.6 Å². The molecule has 1 aromatic rings. The van der Waals surface area contributed by atoms with Gasteiger partial charge in [-0.25, -0.2) is 4.98 Å². The lowest BCUT2D eigenvalue weighted by Crippen LogP contribution is -2.44. The molecule has 2 N–H and O–H groups in total. The first-order valence-electron chi connectivity index (χ1n) is 8.39. The van der Waals surface area contributed by atoms with E-state index in [1.54, 1.807) is 0 Å². The zero-order valence-corrected chi connectivity index (χ0v) is 14.3. The number of rotatable bonds is 4. The molecule has 0 bridgehead atoms. The number of carbonyl (C=O) groups is 1. The van der Waals surface area contributed by atoms with Crippen molar-refractivity contribution in [2.24, 2.45) is 11.8 Å². The second kappa shape index (κ2) is 7.00. The van der Waals surface area contributed by atoms with Crippen LogP contribution in [0.1, 0.15) is 49.3 Å². The van der Waals surface area contributed by atoms with Gasteiger partial charge in [0.25, 0.3) is 0 Å². The second-order valence-electron chi connectivity index (χ2n) is 6.75. The number of hydrogen-bond donors (Lipinski definition) is 2. The molecule has 2 saturated carbocycles. The molecule has 134 valence electrons. The highest BCUT2D eigenvalue weighted by Gasteiger charge is 2.46. The Balaban J connectivity index is 1.63. The summed E-state index contributed by atoms with van der Waals surface area (Å²) in [7, 11) is 1.87. The number of halogens is 3. The van der Waals surface area contributed by atoms with Crippen LogP contribution in [0, 0.1) is 11.8 Å². The Hall–Kier alpha value is -1.15. The Kier molecular flexibility index (Phi) is 5.15. The van der Waals surface area contributed by atoms with Crippen LogP contribution in [0.25, 0.3) is 0 Å². The lowest BCUT2D eigenvalue weighted by atomic mass is 9.78. The molecule has 0 radical (unpaired) electrons. The van der Waals surface area contributed by atoms with E-state index in [0.29, 0.717) is 28.9 Å². The summed E-state index contributed by atoms with van der Waals surface area (Å²) in [6.07, 6.45) is 1.06. The largest absolute Gasteiger partial charge is 0.392 e. The molecule has 0 unspecified atom stereocenters. The van der Waals surface area contributed by atoms with Crippen molar-refractivity contribution in [1.29, 1.82) is 0 Å². The third-order valence-electron chi connectivity index (χ3n) is 5.22. The van der Waals surface area contributed by atoms with Crippen LogP contribution in [-0.4, -0.2) is 30.2 Å². The van der Waals surface area contributed by atoms with Crippen molar-refractivity contribution in [2.75, 3.05) is 12.4 Å². The third kappa shape index (κ3) is 3.74. The first kappa shape index (κ1) is 17.7. The Bertz CT molecular complexity index is 583. The minimum atomic E-state index is -4.17. The highest BCUT2D eigenvalue weighted by molar-refractivity contribution is 7.15. The van der Waals surface area contributed by atoms with Crippen LogP contribution in [0.4, 0.5) is 18.3 Å². The zero-order valence-electron chi connectivity index (χ0n) is 13.5. The minimum Gasteiger partial charge on any atom is -0.317 e. The van der Waals surface area contributed by atoms with E-state index in [1.165, 1.54) is 17.5 Å². The van der Waals surface area contributed by atoms with Gasteiger partial charge in [-0.1, -0.05) is 12.8 Å². The summed E-state index contributed by atoms with van der Waals surface area (Å²) < 4.78 is 39.7. The zero-order chi connectivity index (χ0) is 17.3. The summed E-state index contributed by atoms with van der Waals surface area (Å²) in [4.78, 5) is 16.9. The van der Waals surface area contributed by atoms with E-state index in [9.17, 15) is 18.0 Å². The predicted octanol–water partition coefficient (Wildman–Crippen LogP) is 3.92. The van der Waals surface area contributed by atoms with Gasteiger partial charge in [0.1, 0.15) is 0 Å². The molecule has 0 spiro atoms. The maximum absolute atomic E-state index is 13.2. The topological polar surface area (TPSA) is 54.0 Å². The summed E-state index contributed by atoms with van der Waals surface area (Å²) in [5, 5.41) is 6.29. The molecule has 0 aliphatic heterocycles. The summed E-state index contributed by atoms with van der Waals surface area (Å²) in [5.41, 5.74) is 0. The predicted molar refractivity (Wildman–Crippen MR) is 87.1 cm³/mol. The molecular weight excluding hydrogens is 339 g/mol. The smallest absolute Gasteiger partial charge is 0.317 e. The molecule has 8 heteroatoms. The maximum Gasteiger partial charge on any atom is 0.392 e. The van der Waals surface area contributed by atoms with Gasteiger partial charge in [-0.3, -0.25) is 4.79 Å². The van der Waals surface area contributed by atoms with Crippen LogP contribution in [0.3, 0.4) is 0 Å². The molecule has 0 saturated heterocycles. The van der Waals surface area contributed by atoms with Crippen molar-refractivity contribution >= 4 is 22.4 Å². The van der Waals surface area contributed by atoms with Gasteiger partial charge in [0.2, 0.25) is 5.91 Å².